The minimum atomic E-state index is -1.09. The largest absolute Gasteiger partial charge is 0.478 e. The lowest BCUT2D eigenvalue weighted by Crippen LogP contribution is -2.47. The van der Waals surface area contributed by atoms with E-state index >= 15 is 0 Å². The highest BCUT2D eigenvalue weighted by Gasteiger charge is 2.24. The summed E-state index contributed by atoms with van der Waals surface area (Å²) in [6, 6.07) is 14.5. The van der Waals surface area contributed by atoms with Crippen molar-refractivity contribution in [3.8, 4) is 0 Å². The number of carboxylic acid groups (broad SMARTS) is 1. The van der Waals surface area contributed by atoms with Crippen LogP contribution in [0.2, 0.25) is 5.02 Å². The molecule has 1 amide bonds. The van der Waals surface area contributed by atoms with E-state index in [0.717, 1.165) is 16.8 Å². The Morgan fingerprint density at radius 3 is 2.42 bits per heavy atom. The Bertz CT molecular complexity index is 1210. The summed E-state index contributed by atoms with van der Waals surface area (Å²) in [4.78, 5) is 33.1. The number of nitrogens with one attached hydrogen (secondary N) is 1. The number of anilines is 3. The number of carboxylic acids is 1. The molecule has 1 aromatic heterocycles. The third-order valence-corrected chi connectivity index (χ3v) is 5.96. The second-order valence-corrected chi connectivity index (χ2v) is 8.57. The molecule has 0 spiro atoms. The summed E-state index contributed by atoms with van der Waals surface area (Å²) < 4.78 is 0. The predicted octanol–water partition coefficient (Wildman–Crippen LogP) is 4.63. The van der Waals surface area contributed by atoms with Crippen LogP contribution >= 0.6 is 11.6 Å². The smallest absolute Gasteiger partial charge is 0.339 e. The fraction of sp³-hybridized carbons (Fsp3) is 0.240. The number of rotatable bonds is 5. The summed E-state index contributed by atoms with van der Waals surface area (Å²) in [5.41, 5.74) is 4.10. The molecule has 0 bridgehead atoms. The molecule has 8 heteroatoms. The first-order valence-electron chi connectivity index (χ1n) is 10.7. The maximum Gasteiger partial charge on any atom is 0.339 e. The van der Waals surface area contributed by atoms with Gasteiger partial charge in [-0.2, -0.15) is 0 Å². The van der Waals surface area contributed by atoms with Crippen LogP contribution in [0, 0.1) is 13.8 Å². The number of hydrogen-bond acceptors (Lipinski definition) is 5. The van der Waals surface area contributed by atoms with Crippen LogP contribution in [0.1, 0.15) is 31.8 Å². The number of pyridine rings is 1. The molecule has 0 aliphatic carbocycles. The second-order valence-electron chi connectivity index (χ2n) is 8.13. The minimum absolute atomic E-state index is 0.0597. The van der Waals surface area contributed by atoms with Crippen LogP contribution in [-0.2, 0) is 0 Å². The zero-order valence-corrected chi connectivity index (χ0v) is 19.3. The van der Waals surface area contributed by atoms with Crippen molar-refractivity contribution in [2.24, 2.45) is 0 Å². The topological polar surface area (TPSA) is 85.8 Å². The first kappa shape index (κ1) is 22.6. The number of piperazine rings is 1. The fourth-order valence-electron chi connectivity index (χ4n) is 4.01. The van der Waals surface area contributed by atoms with Gasteiger partial charge in [0, 0.05) is 42.5 Å². The number of nitrogens with zero attached hydrogens (tertiary/aromatic N) is 3. The van der Waals surface area contributed by atoms with Gasteiger partial charge in [0.2, 0.25) is 0 Å². The molecular weight excluding hydrogens is 440 g/mol. The molecule has 2 N–H and O–H groups in total. The lowest BCUT2D eigenvalue weighted by Gasteiger charge is -2.37. The summed E-state index contributed by atoms with van der Waals surface area (Å²) in [6.45, 7) is 6.62. The van der Waals surface area contributed by atoms with Crippen molar-refractivity contribution in [1.29, 1.82) is 0 Å². The fourth-order valence-corrected chi connectivity index (χ4v) is 4.17. The van der Waals surface area contributed by atoms with E-state index in [4.69, 9.17) is 11.6 Å². The zero-order valence-electron chi connectivity index (χ0n) is 18.5. The molecule has 1 aliphatic heterocycles. The molecule has 0 atom stereocenters. The monoisotopic (exact) mass is 464 g/mol. The van der Waals surface area contributed by atoms with Crippen molar-refractivity contribution in [3.05, 3.63) is 82.0 Å². The maximum absolute atomic E-state index is 12.5. The Morgan fingerprint density at radius 2 is 1.73 bits per heavy atom. The molecule has 1 saturated heterocycles. The molecule has 170 valence electrons. The molecule has 7 nitrogen and oxygen atoms in total. The van der Waals surface area contributed by atoms with E-state index in [9.17, 15) is 14.7 Å². The summed E-state index contributed by atoms with van der Waals surface area (Å²) in [6.07, 6.45) is 1.50. The summed E-state index contributed by atoms with van der Waals surface area (Å²) >= 11 is 6.17. The molecule has 2 heterocycles. The van der Waals surface area contributed by atoms with Crippen LogP contribution < -0.4 is 15.1 Å². The molecule has 33 heavy (non-hydrogen) atoms. The average Bonchev–Trinajstić information content (AvgIpc) is 2.81. The number of hydrogen-bond donors (Lipinski definition) is 2. The van der Waals surface area contributed by atoms with Crippen LogP contribution in [0.4, 0.5) is 17.2 Å². The van der Waals surface area contributed by atoms with Crippen molar-refractivity contribution >= 4 is 40.7 Å². The quantitative estimate of drug-likeness (QED) is 0.572. The first-order valence-corrected chi connectivity index (χ1v) is 11.1. The maximum atomic E-state index is 12.5. The third-order valence-electron chi connectivity index (χ3n) is 5.73. The molecule has 1 aliphatic rings. The number of carbonyl (C=O) groups excluding carboxylic acids is 1. The Hall–Kier alpha value is -3.58. The average molecular weight is 465 g/mol. The van der Waals surface area contributed by atoms with E-state index in [1.165, 1.54) is 12.3 Å². The normalized spacial score (nSPS) is 13.7. The Kier molecular flexibility index (Phi) is 6.51. The van der Waals surface area contributed by atoms with E-state index in [-0.39, 0.29) is 11.5 Å². The van der Waals surface area contributed by atoms with Gasteiger partial charge in [-0.1, -0.05) is 35.4 Å². The third kappa shape index (κ3) is 5.09. The van der Waals surface area contributed by atoms with Crippen LogP contribution in [0.5, 0.6) is 0 Å². The van der Waals surface area contributed by atoms with Gasteiger partial charge in [-0.15, -0.1) is 0 Å². The van der Waals surface area contributed by atoms with Gasteiger partial charge in [0.25, 0.3) is 5.91 Å². The van der Waals surface area contributed by atoms with Gasteiger partial charge in [0.1, 0.15) is 11.4 Å². The SMILES string of the molecule is Cc1cccc(C(=O)Nc2cnc(N3CCN(c4cc(Cl)ccc4C)CC3)c(C(=O)O)c2)c1. The number of halogens is 1. The number of carbonyl (C=O) groups is 2. The summed E-state index contributed by atoms with van der Waals surface area (Å²) in [7, 11) is 0. The number of aromatic carboxylic acids is 1. The van der Waals surface area contributed by atoms with Gasteiger partial charge in [-0.25, -0.2) is 9.78 Å². The Balaban J connectivity index is 1.50. The molecule has 3 aromatic rings. The van der Waals surface area contributed by atoms with Gasteiger partial charge in [-0.3, -0.25) is 4.79 Å². The summed E-state index contributed by atoms with van der Waals surface area (Å²) in [5, 5.41) is 13.2. The van der Waals surface area contributed by atoms with Crippen molar-refractivity contribution in [3.63, 3.8) is 0 Å². The number of amides is 1. The lowest BCUT2D eigenvalue weighted by molar-refractivity contribution is 0.0696. The van der Waals surface area contributed by atoms with Crippen molar-refractivity contribution < 1.29 is 14.7 Å². The van der Waals surface area contributed by atoms with E-state index in [1.54, 1.807) is 18.2 Å². The Labute approximate surface area is 197 Å². The van der Waals surface area contributed by atoms with Crippen LogP contribution in [-0.4, -0.2) is 48.1 Å². The highest BCUT2D eigenvalue weighted by atomic mass is 35.5. The first-order chi connectivity index (χ1) is 15.8. The van der Waals surface area contributed by atoms with E-state index < -0.39 is 5.97 Å². The summed E-state index contributed by atoms with van der Waals surface area (Å²) in [5.74, 6) is -0.995. The predicted molar refractivity (Wildman–Crippen MR) is 131 cm³/mol. The number of aromatic nitrogens is 1. The van der Waals surface area contributed by atoms with Crippen LogP contribution in [0.15, 0.2) is 54.7 Å². The highest BCUT2D eigenvalue weighted by Crippen LogP contribution is 2.28. The standard InChI is InChI=1S/C25H25ClN4O3/c1-16-4-3-5-18(12-16)24(31)28-20-14-21(25(32)33)23(27-15-20)30-10-8-29(9-11-30)22-13-19(26)7-6-17(22)2/h3-7,12-15H,8-11H2,1-2H3,(H,28,31)(H,32,33). The van der Waals surface area contributed by atoms with E-state index in [0.29, 0.717) is 48.3 Å². The highest BCUT2D eigenvalue weighted by molar-refractivity contribution is 6.30. The van der Waals surface area contributed by atoms with Gasteiger partial charge < -0.3 is 20.2 Å². The number of benzene rings is 2. The van der Waals surface area contributed by atoms with Gasteiger partial charge in [0.05, 0.1) is 11.9 Å². The zero-order chi connectivity index (χ0) is 23.5. The molecule has 2 aromatic carbocycles. The van der Waals surface area contributed by atoms with Crippen molar-refractivity contribution in [1.82, 2.24) is 4.98 Å². The van der Waals surface area contributed by atoms with Crippen molar-refractivity contribution in [2.75, 3.05) is 41.3 Å². The van der Waals surface area contributed by atoms with Gasteiger partial charge >= 0.3 is 5.97 Å². The minimum Gasteiger partial charge on any atom is -0.478 e. The van der Waals surface area contributed by atoms with Gasteiger partial charge in [0.15, 0.2) is 0 Å². The molecule has 1 fully saturated rings. The molecule has 0 saturated carbocycles. The Morgan fingerprint density at radius 1 is 1.00 bits per heavy atom. The van der Waals surface area contributed by atoms with Gasteiger partial charge in [-0.05, 0) is 49.7 Å². The second kappa shape index (κ2) is 9.50. The molecule has 0 unspecified atom stereocenters. The molecule has 0 radical (unpaired) electrons. The molecule has 4 rings (SSSR count). The van der Waals surface area contributed by atoms with E-state index in [2.05, 4.69) is 15.2 Å². The van der Waals surface area contributed by atoms with Crippen LogP contribution in [0.25, 0.3) is 0 Å². The number of aryl methyl sites for hydroxylation is 2. The van der Waals surface area contributed by atoms with E-state index in [1.807, 2.05) is 43.0 Å². The molecular formula is C25H25ClN4O3. The van der Waals surface area contributed by atoms with Crippen molar-refractivity contribution in [2.45, 2.75) is 13.8 Å². The van der Waals surface area contributed by atoms with Crippen LogP contribution in [0.3, 0.4) is 0 Å². The lowest BCUT2D eigenvalue weighted by atomic mass is 10.1.